The van der Waals surface area contributed by atoms with E-state index >= 15 is 0 Å². The van der Waals surface area contributed by atoms with Crippen molar-refractivity contribution in [3.63, 3.8) is 0 Å². The lowest BCUT2D eigenvalue weighted by atomic mass is 9.63. The Balaban J connectivity index is 1.34. The predicted molar refractivity (Wildman–Crippen MR) is 125 cm³/mol. The summed E-state index contributed by atoms with van der Waals surface area (Å²) in [7, 11) is 0. The quantitative estimate of drug-likeness (QED) is 0.548. The number of amides is 3. The molecule has 5 aliphatic rings. The van der Waals surface area contributed by atoms with Gasteiger partial charge in [0.2, 0.25) is 17.7 Å². The number of rotatable bonds is 6. The van der Waals surface area contributed by atoms with Gasteiger partial charge in [-0.15, -0.1) is 0 Å². The van der Waals surface area contributed by atoms with Crippen LogP contribution in [-0.4, -0.2) is 28.7 Å². The lowest BCUT2D eigenvalue weighted by Gasteiger charge is -2.37. The number of nitrogens with one attached hydrogen (secondary N) is 1. The van der Waals surface area contributed by atoms with Crippen LogP contribution in [-0.2, 0) is 27.2 Å². The number of hydrogen-bond donors (Lipinski definition) is 1. The summed E-state index contributed by atoms with van der Waals surface area (Å²) in [5, 5.41) is 3.04. The molecule has 0 unspecified atom stereocenters. The fraction of sp³-hybridized carbons (Fsp3) is 0.393. The number of allylic oxidation sites excluding steroid dienone is 2. The second-order valence-electron chi connectivity index (χ2n) is 9.91. The summed E-state index contributed by atoms with van der Waals surface area (Å²) in [5.41, 5.74) is 2.70. The van der Waals surface area contributed by atoms with Crippen LogP contribution in [0.5, 0.6) is 0 Å². The molecule has 0 radical (unpaired) electrons. The SMILES string of the molecule is CCc1ccccc1NC(=O)[C@H](Cc1ccccc1)N1C(=O)[C@@H]2[C@@H]3C=C[C@H]([C@H]4C[C@H]34)[C@@H]2C1=O. The van der Waals surface area contributed by atoms with Crippen LogP contribution in [0, 0.1) is 35.5 Å². The Morgan fingerprint density at radius 2 is 1.55 bits per heavy atom. The Hall–Kier alpha value is -3.21. The third-order valence-corrected chi connectivity index (χ3v) is 8.24. The van der Waals surface area contributed by atoms with E-state index in [1.807, 2.05) is 61.5 Å². The van der Waals surface area contributed by atoms with Gasteiger partial charge in [0.05, 0.1) is 11.8 Å². The average molecular weight is 441 g/mol. The zero-order valence-electron chi connectivity index (χ0n) is 18.7. The summed E-state index contributed by atoms with van der Waals surface area (Å²) in [6.07, 6.45) is 6.55. The number of aryl methyl sites for hydroxylation is 1. The summed E-state index contributed by atoms with van der Waals surface area (Å²) < 4.78 is 0. The largest absolute Gasteiger partial charge is 0.324 e. The highest BCUT2D eigenvalue weighted by Gasteiger charge is 2.67. The highest BCUT2D eigenvalue weighted by molar-refractivity contribution is 6.10. The molecule has 2 aromatic rings. The molecule has 3 fully saturated rings. The first-order chi connectivity index (χ1) is 16.1. The minimum atomic E-state index is -0.862. The minimum Gasteiger partial charge on any atom is -0.324 e. The van der Waals surface area contributed by atoms with Crippen molar-refractivity contribution in [2.75, 3.05) is 5.32 Å². The van der Waals surface area contributed by atoms with Crippen LogP contribution in [0.1, 0.15) is 24.5 Å². The predicted octanol–water partition coefficient (Wildman–Crippen LogP) is 3.85. The summed E-state index contributed by atoms with van der Waals surface area (Å²) >= 11 is 0. The van der Waals surface area contributed by atoms with Gasteiger partial charge in [0, 0.05) is 12.1 Å². The molecule has 0 aromatic heterocycles. The van der Waals surface area contributed by atoms with Gasteiger partial charge in [-0.25, -0.2) is 0 Å². The lowest BCUT2D eigenvalue weighted by Crippen LogP contribution is -2.49. The van der Waals surface area contributed by atoms with Gasteiger partial charge in [0.25, 0.3) is 0 Å². The third kappa shape index (κ3) is 3.17. The maximum absolute atomic E-state index is 13.7. The first-order valence-electron chi connectivity index (χ1n) is 12.1. The van der Waals surface area contributed by atoms with E-state index in [4.69, 9.17) is 0 Å². The number of benzene rings is 2. The van der Waals surface area contributed by atoms with Gasteiger partial charge in [-0.2, -0.15) is 0 Å². The van der Waals surface area contributed by atoms with E-state index < -0.39 is 6.04 Å². The monoisotopic (exact) mass is 440 g/mol. The number of para-hydroxylation sites is 1. The van der Waals surface area contributed by atoms with E-state index in [1.54, 1.807) is 0 Å². The first kappa shape index (κ1) is 20.4. The van der Waals surface area contributed by atoms with Crippen LogP contribution in [0.4, 0.5) is 5.69 Å². The number of nitrogens with zero attached hydrogens (tertiary/aromatic N) is 1. The second kappa shape index (κ2) is 7.68. The molecule has 1 heterocycles. The molecule has 5 heteroatoms. The van der Waals surface area contributed by atoms with E-state index in [9.17, 15) is 14.4 Å². The Morgan fingerprint density at radius 1 is 0.939 bits per heavy atom. The maximum atomic E-state index is 13.7. The fourth-order valence-electron chi connectivity index (χ4n) is 6.59. The molecule has 2 saturated carbocycles. The Labute approximate surface area is 193 Å². The molecule has 7 rings (SSSR count). The summed E-state index contributed by atoms with van der Waals surface area (Å²) in [6, 6.07) is 16.5. The molecule has 3 amide bonds. The van der Waals surface area contributed by atoms with Crippen LogP contribution in [0.2, 0.25) is 0 Å². The van der Waals surface area contributed by atoms with Crippen LogP contribution in [0.25, 0.3) is 0 Å². The van der Waals surface area contributed by atoms with E-state index in [0.717, 1.165) is 29.7 Å². The standard InChI is InChI=1S/C28H28N2O3/c1-2-17-10-6-7-11-22(17)29-26(31)23(14-16-8-4-3-5-9-16)30-27(32)24-18-12-13-19(21-15-20(18)21)25(24)28(30)33/h3-13,18-21,23-25H,2,14-15H2,1H3,(H,29,31)/t18-,19-,20-,21-,23+,24-,25+/m1/s1. The van der Waals surface area contributed by atoms with Crippen molar-refractivity contribution in [2.24, 2.45) is 35.5 Å². The number of carbonyl (C=O) groups is 3. The highest BCUT2D eigenvalue weighted by atomic mass is 16.2. The number of anilines is 1. The van der Waals surface area contributed by atoms with Gasteiger partial charge in [-0.1, -0.05) is 67.6 Å². The molecule has 33 heavy (non-hydrogen) atoms. The molecule has 7 atom stereocenters. The molecule has 0 spiro atoms. The van der Waals surface area contributed by atoms with Crippen LogP contribution in [0.3, 0.4) is 0 Å². The van der Waals surface area contributed by atoms with E-state index in [1.165, 1.54) is 4.90 Å². The number of likely N-dealkylation sites (tertiary alicyclic amines) is 1. The maximum Gasteiger partial charge on any atom is 0.248 e. The molecule has 168 valence electrons. The minimum absolute atomic E-state index is 0.146. The van der Waals surface area contributed by atoms with Crippen LogP contribution in [0.15, 0.2) is 66.7 Å². The van der Waals surface area contributed by atoms with E-state index in [0.29, 0.717) is 18.3 Å². The smallest absolute Gasteiger partial charge is 0.248 e. The molecule has 5 nitrogen and oxygen atoms in total. The lowest BCUT2D eigenvalue weighted by molar-refractivity contribution is -0.146. The molecule has 4 aliphatic carbocycles. The van der Waals surface area contributed by atoms with Gasteiger partial charge in [0.15, 0.2) is 0 Å². The average Bonchev–Trinajstić information content (AvgIpc) is 3.62. The van der Waals surface area contributed by atoms with Crippen molar-refractivity contribution in [1.29, 1.82) is 0 Å². The van der Waals surface area contributed by atoms with Gasteiger partial charge < -0.3 is 5.32 Å². The Kier molecular flexibility index (Phi) is 4.75. The number of hydrogen-bond acceptors (Lipinski definition) is 3. The molecule has 1 N–H and O–H groups in total. The zero-order chi connectivity index (χ0) is 22.7. The third-order valence-electron chi connectivity index (χ3n) is 8.24. The highest BCUT2D eigenvalue weighted by Crippen LogP contribution is 2.65. The van der Waals surface area contributed by atoms with E-state index in [2.05, 4.69) is 17.5 Å². The first-order valence-corrected chi connectivity index (χ1v) is 12.1. The topological polar surface area (TPSA) is 66.5 Å². The number of imide groups is 1. The Bertz CT molecular complexity index is 1120. The zero-order valence-corrected chi connectivity index (χ0v) is 18.7. The molecular formula is C28H28N2O3. The van der Waals surface area contributed by atoms with Crippen molar-refractivity contribution in [2.45, 2.75) is 32.2 Å². The van der Waals surface area contributed by atoms with Gasteiger partial charge in [0.1, 0.15) is 6.04 Å². The molecule has 1 aliphatic heterocycles. The fourth-order valence-corrected chi connectivity index (χ4v) is 6.59. The van der Waals surface area contributed by atoms with E-state index in [-0.39, 0.29) is 41.4 Å². The second-order valence-corrected chi connectivity index (χ2v) is 9.91. The Morgan fingerprint density at radius 3 is 2.18 bits per heavy atom. The van der Waals surface area contributed by atoms with Gasteiger partial charge in [-0.3, -0.25) is 19.3 Å². The molecular weight excluding hydrogens is 412 g/mol. The van der Waals surface area contributed by atoms with Crippen molar-refractivity contribution >= 4 is 23.4 Å². The van der Waals surface area contributed by atoms with Gasteiger partial charge in [-0.05, 0) is 53.7 Å². The van der Waals surface area contributed by atoms with Crippen molar-refractivity contribution in [1.82, 2.24) is 4.90 Å². The normalized spacial score (nSPS) is 31.8. The summed E-state index contributed by atoms with van der Waals surface area (Å²) in [4.78, 5) is 42.4. The summed E-state index contributed by atoms with van der Waals surface area (Å²) in [6.45, 7) is 2.04. The molecule has 2 bridgehead atoms. The molecule has 2 aromatic carbocycles. The molecule has 1 saturated heterocycles. The van der Waals surface area contributed by atoms with Crippen molar-refractivity contribution < 1.29 is 14.4 Å². The van der Waals surface area contributed by atoms with Gasteiger partial charge >= 0.3 is 0 Å². The van der Waals surface area contributed by atoms with Crippen molar-refractivity contribution in [3.8, 4) is 0 Å². The number of carbonyl (C=O) groups excluding carboxylic acids is 3. The van der Waals surface area contributed by atoms with Crippen LogP contribution >= 0.6 is 0 Å². The van der Waals surface area contributed by atoms with Crippen LogP contribution < -0.4 is 5.32 Å². The summed E-state index contributed by atoms with van der Waals surface area (Å²) in [5.74, 6) is 0.150. The van der Waals surface area contributed by atoms with Crippen molar-refractivity contribution in [3.05, 3.63) is 77.9 Å².